The summed E-state index contributed by atoms with van der Waals surface area (Å²) in [6.45, 7) is 2.22. The molecule has 0 heterocycles. The first-order valence-electron chi connectivity index (χ1n) is 5.28. The second-order valence-corrected chi connectivity index (χ2v) is 4.09. The quantitative estimate of drug-likeness (QED) is 0.577. The van der Waals surface area contributed by atoms with Gasteiger partial charge in [0, 0.05) is 10.7 Å². The number of nitrogens with two attached hydrogens (primary N) is 1. The van der Waals surface area contributed by atoms with Crippen LogP contribution in [0.2, 0.25) is 5.02 Å². The minimum atomic E-state index is 0.782. The van der Waals surface area contributed by atoms with E-state index in [1.807, 2.05) is 18.2 Å². The fourth-order valence-corrected chi connectivity index (χ4v) is 1.73. The highest BCUT2D eigenvalue weighted by Gasteiger charge is 1.99. The molecule has 0 bridgehead atoms. The van der Waals surface area contributed by atoms with Gasteiger partial charge >= 0.3 is 0 Å². The van der Waals surface area contributed by atoms with Gasteiger partial charge in [0.25, 0.3) is 0 Å². The van der Waals surface area contributed by atoms with Gasteiger partial charge in [-0.2, -0.15) is 0 Å². The molecule has 2 N–H and O–H groups in total. The van der Waals surface area contributed by atoms with Crippen molar-refractivity contribution in [1.29, 1.82) is 0 Å². The van der Waals surface area contributed by atoms with Crippen molar-refractivity contribution >= 4 is 17.3 Å². The van der Waals surface area contributed by atoms with Crippen molar-refractivity contribution in [2.75, 3.05) is 5.73 Å². The molecular weight excluding hydrogens is 194 g/mol. The van der Waals surface area contributed by atoms with Crippen LogP contribution in [0.25, 0.3) is 0 Å². The molecule has 14 heavy (non-hydrogen) atoms. The van der Waals surface area contributed by atoms with E-state index in [1.165, 1.54) is 31.2 Å². The number of nitrogen functional groups attached to an aromatic ring is 1. The van der Waals surface area contributed by atoms with Crippen LogP contribution in [0, 0.1) is 0 Å². The molecule has 0 aliphatic carbocycles. The van der Waals surface area contributed by atoms with Gasteiger partial charge in [-0.05, 0) is 36.6 Å². The SMILES string of the molecule is CCCCCCc1cc(Cl)ccc1N. The number of unbranched alkanes of at least 4 members (excludes halogenated alkanes) is 3. The first-order chi connectivity index (χ1) is 6.74. The lowest BCUT2D eigenvalue weighted by Gasteiger charge is -2.05. The Morgan fingerprint density at radius 1 is 1.21 bits per heavy atom. The van der Waals surface area contributed by atoms with Crippen LogP contribution in [0.4, 0.5) is 5.69 Å². The third-order valence-electron chi connectivity index (χ3n) is 2.40. The van der Waals surface area contributed by atoms with E-state index in [4.69, 9.17) is 17.3 Å². The maximum absolute atomic E-state index is 5.90. The molecule has 1 rings (SSSR count). The molecule has 0 amide bonds. The smallest absolute Gasteiger partial charge is 0.0410 e. The second-order valence-electron chi connectivity index (χ2n) is 3.65. The van der Waals surface area contributed by atoms with E-state index < -0.39 is 0 Å². The fraction of sp³-hybridized carbons (Fsp3) is 0.500. The van der Waals surface area contributed by atoms with Crippen molar-refractivity contribution in [3.8, 4) is 0 Å². The van der Waals surface area contributed by atoms with E-state index in [0.717, 1.165) is 17.1 Å². The molecule has 78 valence electrons. The first-order valence-corrected chi connectivity index (χ1v) is 5.65. The average Bonchev–Trinajstić information content (AvgIpc) is 2.18. The Hall–Kier alpha value is -0.690. The normalized spacial score (nSPS) is 10.4. The summed E-state index contributed by atoms with van der Waals surface area (Å²) in [7, 11) is 0. The number of aryl methyl sites for hydroxylation is 1. The third kappa shape index (κ3) is 3.59. The zero-order valence-corrected chi connectivity index (χ0v) is 9.48. The van der Waals surface area contributed by atoms with E-state index in [9.17, 15) is 0 Å². The van der Waals surface area contributed by atoms with Crippen LogP contribution in [0.5, 0.6) is 0 Å². The highest BCUT2D eigenvalue weighted by molar-refractivity contribution is 6.30. The average molecular weight is 212 g/mol. The van der Waals surface area contributed by atoms with Crippen LogP contribution in [-0.2, 0) is 6.42 Å². The van der Waals surface area contributed by atoms with E-state index in [-0.39, 0.29) is 0 Å². The molecule has 0 aliphatic heterocycles. The van der Waals surface area contributed by atoms with Crippen molar-refractivity contribution < 1.29 is 0 Å². The molecule has 0 spiro atoms. The van der Waals surface area contributed by atoms with E-state index in [1.54, 1.807) is 0 Å². The number of hydrogen-bond acceptors (Lipinski definition) is 1. The highest BCUT2D eigenvalue weighted by Crippen LogP contribution is 2.20. The predicted octanol–water partition coefficient (Wildman–Crippen LogP) is 4.05. The highest BCUT2D eigenvalue weighted by atomic mass is 35.5. The van der Waals surface area contributed by atoms with Crippen LogP contribution in [0.3, 0.4) is 0 Å². The maximum atomic E-state index is 5.90. The van der Waals surface area contributed by atoms with E-state index >= 15 is 0 Å². The van der Waals surface area contributed by atoms with Crippen LogP contribution in [0.15, 0.2) is 18.2 Å². The minimum absolute atomic E-state index is 0.782. The van der Waals surface area contributed by atoms with Crippen molar-refractivity contribution in [2.24, 2.45) is 0 Å². The van der Waals surface area contributed by atoms with Crippen LogP contribution < -0.4 is 5.73 Å². The lowest BCUT2D eigenvalue weighted by molar-refractivity contribution is 0.667. The summed E-state index contributed by atoms with van der Waals surface area (Å²) in [4.78, 5) is 0. The minimum Gasteiger partial charge on any atom is -0.399 e. The van der Waals surface area contributed by atoms with Gasteiger partial charge in [0.1, 0.15) is 0 Å². The Labute approximate surface area is 91.3 Å². The van der Waals surface area contributed by atoms with Crippen molar-refractivity contribution in [3.05, 3.63) is 28.8 Å². The zero-order valence-electron chi connectivity index (χ0n) is 8.72. The molecule has 0 atom stereocenters. The molecule has 2 heteroatoms. The molecule has 1 aromatic rings. The summed E-state index contributed by atoms with van der Waals surface area (Å²) in [5, 5.41) is 0.782. The van der Waals surface area contributed by atoms with Gasteiger partial charge in [-0.3, -0.25) is 0 Å². The van der Waals surface area contributed by atoms with Gasteiger partial charge in [-0.1, -0.05) is 37.8 Å². The summed E-state index contributed by atoms with van der Waals surface area (Å²) in [5.41, 5.74) is 7.90. The summed E-state index contributed by atoms with van der Waals surface area (Å²) in [6, 6.07) is 5.70. The van der Waals surface area contributed by atoms with E-state index in [0.29, 0.717) is 0 Å². The molecular formula is C12H18ClN. The monoisotopic (exact) mass is 211 g/mol. The largest absolute Gasteiger partial charge is 0.399 e. The Balaban J connectivity index is 2.45. The molecule has 0 fully saturated rings. The van der Waals surface area contributed by atoms with Crippen molar-refractivity contribution in [1.82, 2.24) is 0 Å². The summed E-state index contributed by atoms with van der Waals surface area (Å²) in [5.74, 6) is 0. The Morgan fingerprint density at radius 2 is 2.00 bits per heavy atom. The number of benzene rings is 1. The molecule has 1 aromatic carbocycles. The Bertz CT molecular complexity index is 284. The lowest BCUT2D eigenvalue weighted by atomic mass is 10.0. The first kappa shape index (κ1) is 11.4. The molecule has 0 unspecified atom stereocenters. The second kappa shape index (κ2) is 5.92. The number of rotatable bonds is 5. The molecule has 0 radical (unpaired) electrons. The van der Waals surface area contributed by atoms with Gasteiger partial charge < -0.3 is 5.73 Å². The zero-order chi connectivity index (χ0) is 10.4. The standard InChI is InChI=1S/C12H18ClN/c1-2-3-4-5-6-10-9-11(13)7-8-12(10)14/h7-9H,2-6,14H2,1H3. The van der Waals surface area contributed by atoms with Gasteiger partial charge in [0.15, 0.2) is 0 Å². The molecule has 0 aliphatic rings. The van der Waals surface area contributed by atoms with E-state index in [2.05, 4.69) is 6.92 Å². The predicted molar refractivity (Wildman–Crippen MR) is 63.7 cm³/mol. The number of hydrogen-bond donors (Lipinski definition) is 1. The topological polar surface area (TPSA) is 26.0 Å². The van der Waals surface area contributed by atoms with Gasteiger partial charge in [0.05, 0.1) is 0 Å². The van der Waals surface area contributed by atoms with Gasteiger partial charge in [-0.25, -0.2) is 0 Å². The van der Waals surface area contributed by atoms with Gasteiger partial charge in [0.2, 0.25) is 0 Å². The van der Waals surface area contributed by atoms with Crippen LogP contribution in [0.1, 0.15) is 38.2 Å². The summed E-state index contributed by atoms with van der Waals surface area (Å²) in [6.07, 6.45) is 6.11. The lowest BCUT2D eigenvalue weighted by Crippen LogP contribution is -1.94. The summed E-state index contributed by atoms with van der Waals surface area (Å²) < 4.78 is 0. The maximum Gasteiger partial charge on any atom is 0.0410 e. The van der Waals surface area contributed by atoms with Crippen LogP contribution in [-0.4, -0.2) is 0 Å². The summed E-state index contributed by atoms with van der Waals surface area (Å²) >= 11 is 5.90. The fourth-order valence-electron chi connectivity index (χ4n) is 1.53. The van der Waals surface area contributed by atoms with Gasteiger partial charge in [-0.15, -0.1) is 0 Å². The molecule has 0 aromatic heterocycles. The van der Waals surface area contributed by atoms with Crippen molar-refractivity contribution in [3.63, 3.8) is 0 Å². The molecule has 1 nitrogen and oxygen atoms in total. The van der Waals surface area contributed by atoms with Crippen LogP contribution >= 0.6 is 11.6 Å². The Kier molecular flexibility index (Phi) is 4.81. The number of anilines is 1. The Morgan fingerprint density at radius 3 is 2.71 bits per heavy atom. The molecule has 0 saturated heterocycles. The third-order valence-corrected chi connectivity index (χ3v) is 2.64. The molecule has 0 saturated carbocycles. The number of halogens is 1. The van der Waals surface area contributed by atoms with Crippen molar-refractivity contribution in [2.45, 2.75) is 39.0 Å².